The number of rotatable bonds is 2. The summed E-state index contributed by atoms with van der Waals surface area (Å²) in [6.45, 7) is 0. The van der Waals surface area contributed by atoms with E-state index in [9.17, 15) is 4.79 Å². The topological polar surface area (TPSA) is 40.9 Å². The molecule has 0 saturated heterocycles. The number of benzene rings is 1. The first-order valence-corrected chi connectivity index (χ1v) is 5.46. The van der Waals surface area contributed by atoms with Crippen molar-refractivity contribution in [1.29, 1.82) is 5.26 Å². The fourth-order valence-corrected chi connectivity index (χ4v) is 1.89. The summed E-state index contributed by atoms with van der Waals surface area (Å²) in [5.41, 5.74) is 0.419. The molecule has 0 aliphatic heterocycles. The van der Waals surface area contributed by atoms with Crippen LogP contribution in [0, 0.1) is 11.3 Å². The van der Waals surface area contributed by atoms with Gasteiger partial charge in [0.2, 0.25) is 0 Å². The SMILES string of the molecule is N#Cc1cc(Cl)cc(Cl)c1C(=O)CBr. The van der Waals surface area contributed by atoms with E-state index in [0.717, 1.165) is 0 Å². The number of hydrogen-bond acceptors (Lipinski definition) is 2. The van der Waals surface area contributed by atoms with Crippen LogP contribution >= 0.6 is 39.1 Å². The lowest BCUT2D eigenvalue weighted by Crippen LogP contribution is -2.04. The van der Waals surface area contributed by atoms with Crippen LogP contribution in [0.25, 0.3) is 0 Å². The van der Waals surface area contributed by atoms with Crippen LogP contribution in [0.15, 0.2) is 12.1 Å². The van der Waals surface area contributed by atoms with Gasteiger partial charge >= 0.3 is 0 Å². The van der Waals surface area contributed by atoms with Crippen LogP contribution in [0.5, 0.6) is 0 Å². The number of carbonyl (C=O) groups is 1. The lowest BCUT2D eigenvalue weighted by Gasteiger charge is -2.03. The van der Waals surface area contributed by atoms with E-state index >= 15 is 0 Å². The maximum Gasteiger partial charge on any atom is 0.176 e. The summed E-state index contributed by atoms with van der Waals surface area (Å²) in [5, 5.41) is 9.46. The number of ketones is 1. The minimum absolute atomic E-state index is 0.128. The van der Waals surface area contributed by atoms with Crippen molar-refractivity contribution in [2.75, 3.05) is 5.33 Å². The number of carbonyl (C=O) groups excluding carboxylic acids is 1. The number of Topliss-reactive ketones (excluding diaryl/α,β-unsaturated/α-hetero) is 1. The second-order valence-corrected chi connectivity index (χ2v) is 3.88. The quantitative estimate of drug-likeness (QED) is 0.619. The highest BCUT2D eigenvalue weighted by Crippen LogP contribution is 2.25. The molecule has 0 heterocycles. The molecule has 72 valence electrons. The molecule has 0 amide bonds. The van der Waals surface area contributed by atoms with E-state index in [1.807, 2.05) is 6.07 Å². The predicted octanol–water partition coefficient (Wildman–Crippen LogP) is 3.44. The Bertz CT molecular complexity index is 426. The number of halogens is 3. The van der Waals surface area contributed by atoms with E-state index in [4.69, 9.17) is 28.5 Å². The summed E-state index contributed by atoms with van der Waals surface area (Å²) in [7, 11) is 0. The van der Waals surface area contributed by atoms with Crippen LogP contribution in [0.2, 0.25) is 10.0 Å². The van der Waals surface area contributed by atoms with Crippen LogP contribution in [-0.4, -0.2) is 11.1 Å². The lowest BCUT2D eigenvalue weighted by atomic mass is 10.1. The zero-order valence-corrected chi connectivity index (χ0v) is 9.95. The largest absolute Gasteiger partial charge is 0.293 e. The number of nitriles is 1. The summed E-state index contributed by atoms with van der Waals surface area (Å²) in [6, 6.07) is 4.75. The van der Waals surface area contributed by atoms with Crippen LogP contribution in [0.1, 0.15) is 15.9 Å². The summed E-state index contributed by atoms with van der Waals surface area (Å²) in [4.78, 5) is 11.4. The van der Waals surface area contributed by atoms with E-state index in [2.05, 4.69) is 15.9 Å². The molecule has 0 unspecified atom stereocenters. The summed E-state index contributed by atoms with van der Waals surface area (Å²) in [6.07, 6.45) is 0. The molecule has 0 aliphatic carbocycles. The molecule has 0 fully saturated rings. The molecule has 0 spiro atoms. The highest BCUT2D eigenvalue weighted by molar-refractivity contribution is 9.09. The lowest BCUT2D eigenvalue weighted by molar-refractivity contribution is 0.102. The smallest absolute Gasteiger partial charge is 0.176 e. The van der Waals surface area contributed by atoms with Gasteiger partial charge in [0.05, 0.1) is 27.5 Å². The molecule has 0 saturated carbocycles. The average molecular weight is 293 g/mol. The van der Waals surface area contributed by atoms with Crippen molar-refractivity contribution < 1.29 is 4.79 Å². The molecular formula is C9H4BrCl2NO. The predicted molar refractivity (Wildman–Crippen MR) is 59.3 cm³/mol. The van der Waals surface area contributed by atoms with Gasteiger partial charge in [0.15, 0.2) is 5.78 Å². The monoisotopic (exact) mass is 291 g/mol. The summed E-state index contributed by atoms with van der Waals surface area (Å²) >= 11 is 14.5. The third kappa shape index (κ3) is 2.27. The Labute approximate surface area is 99.6 Å². The molecule has 1 aromatic rings. The Morgan fingerprint density at radius 2 is 2.14 bits per heavy atom. The van der Waals surface area contributed by atoms with Crippen molar-refractivity contribution in [2.24, 2.45) is 0 Å². The van der Waals surface area contributed by atoms with Gasteiger partial charge in [-0.05, 0) is 12.1 Å². The van der Waals surface area contributed by atoms with Gasteiger partial charge in [-0.1, -0.05) is 39.1 Å². The first kappa shape index (κ1) is 11.5. The van der Waals surface area contributed by atoms with Crippen molar-refractivity contribution in [3.63, 3.8) is 0 Å². The molecule has 1 rings (SSSR count). The van der Waals surface area contributed by atoms with E-state index in [1.54, 1.807) is 0 Å². The Kier molecular flexibility index (Phi) is 3.94. The van der Waals surface area contributed by atoms with Gasteiger partial charge in [-0.25, -0.2) is 0 Å². The number of hydrogen-bond donors (Lipinski definition) is 0. The third-order valence-corrected chi connectivity index (χ3v) is 2.60. The molecule has 0 N–H and O–H groups in total. The van der Waals surface area contributed by atoms with Crippen molar-refractivity contribution in [3.8, 4) is 6.07 Å². The second-order valence-electron chi connectivity index (χ2n) is 2.48. The molecule has 0 radical (unpaired) electrons. The highest BCUT2D eigenvalue weighted by Gasteiger charge is 2.15. The maximum absolute atomic E-state index is 11.4. The second kappa shape index (κ2) is 4.79. The van der Waals surface area contributed by atoms with Crippen LogP contribution in [0.3, 0.4) is 0 Å². The van der Waals surface area contributed by atoms with Crippen molar-refractivity contribution in [3.05, 3.63) is 33.3 Å². The first-order valence-electron chi connectivity index (χ1n) is 3.58. The minimum atomic E-state index is -0.233. The molecule has 5 heteroatoms. The molecule has 1 aromatic carbocycles. The summed E-state index contributed by atoms with van der Waals surface area (Å²) < 4.78 is 0. The van der Waals surface area contributed by atoms with E-state index in [0.29, 0.717) is 5.02 Å². The Balaban J connectivity index is 3.42. The third-order valence-electron chi connectivity index (χ3n) is 1.58. The molecule has 0 bridgehead atoms. The van der Waals surface area contributed by atoms with E-state index in [-0.39, 0.29) is 27.3 Å². The van der Waals surface area contributed by atoms with Crippen LogP contribution < -0.4 is 0 Å². The van der Waals surface area contributed by atoms with Gasteiger partial charge in [0, 0.05) is 5.02 Å². The van der Waals surface area contributed by atoms with Crippen LogP contribution in [0.4, 0.5) is 0 Å². The van der Waals surface area contributed by atoms with Crippen molar-refractivity contribution in [1.82, 2.24) is 0 Å². The first-order chi connectivity index (χ1) is 6.60. The van der Waals surface area contributed by atoms with Crippen molar-refractivity contribution >= 4 is 44.9 Å². The van der Waals surface area contributed by atoms with Gasteiger partial charge < -0.3 is 0 Å². The Hall–Kier alpha value is -0.560. The van der Waals surface area contributed by atoms with Gasteiger partial charge in [-0.2, -0.15) is 5.26 Å². The molecule has 14 heavy (non-hydrogen) atoms. The standard InChI is InChI=1S/C9H4BrCl2NO/c10-3-8(14)9-5(4-13)1-6(11)2-7(9)12/h1-2H,3H2. The van der Waals surface area contributed by atoms with E-state index in [1.165, 1.54) is 12.1 Å². The van der Waals surface area contributed by atoms with Gasteiger partial charge in [0.25, 0.3) is 0 Å². The molecule has 0 aliphatic rings. The molecule has 0 atom stereocenters. The number of nitrogens with zero attached hydrogens (tertiary/aromatic N) is 1. The van der Waals surface area contributed by atoms with E-state index < -0.39 is 0 Å². The maximum atomic E-state index is 11.4. The fraction of sp³-hybridized carbons (Fsp3) is 0.111. The van der Waals surface area contributed by atoms with Crippen molar-refractivity contribution in [2.45, 2.75) is 0 Å². The Morgan fingerprint density at radius 3 is 2.64 bits per heavy atom. The average Bonchev–Trinajstić information content (AvgIpc) is 2.15. The highest BCUT2D eigenvalue weighted by atomic mass is 79.9. The van der Waals surface area contributed by atoms with Crippen LogP contribution in [-0.2, 0) is 0 Å². The molecular weight excluding hydrogens is 289 g/mol. The van der Waals surface area contributed by atoms with Gasteiger partial charge in [-0.3, -0.25) is 4.79 Å². The fourth-order valence-electron chi connectivity index (χ4n) is 1.01. The summed E-state index contributed by atoms with van der Waals surface area (Å²) in [5.74, 6) is -0.233. The molecule has 2 nitrogen and oxygen atoms in total. The van der Waals surface area contributed by atoms with Gasteiger partial charge in [-0.15, -0.1) is 0 Å². The van der Waals surface area contributed by atoms with Gasteiger partial charge in [0.1, 0.15) is 0 Å². The molecule has 0 aromatic heterocycles. The zero-order chi connectivity index (χ0) is 10.7. The minimum Gasteiger partial charge on any atom is -0.293 e. The Morgan fingerprint density at radius 1 is 1.50 bits per heavy atom. The number of alkyl halides is 1. The normalized spacial score (nSPS) is 9.57. The zero-order valence-electron chi connectivity index (χ0n) is 6.85.